The molecular weight excluding hydrogens is 532 g/mol. The molecule has 6 rings (SSSR count). The maximum Gasteiger partial charge on any atom is 0.246 e. The largest absolute Gasteiger partial charge is 0.348 e. The van der Waals surface area contributed by atoms with Gasteiger partial charge in [0, 0.05) is 47.3 Å². The number of hydrogen-bond donors (Lipinski definition) is 2. The standard InChI is InChI=1S/C32H46N6O2S/c1-4-28(39)38-18-17-37(20-24(38)12-15-33)30-26-11-14-32(13-10-23-8-5-7-22(2)29(23)41-32)19-27(26)34-31(35-30)40-21-25-9-6-16-36(25)3/h4-5,7-8,24-27,30-31,34-35H,1,6,9-14,16-21H2,2-3H3/t24?,25?,26?,27?,30?,31?,32-/m0/s1. The van der Waals surface area contributed by atoms with Gasteiger partial charge in [0.15, 0.2) is 6.35 Å². The lowest BCUT2D eigenvalue weighted by Gasteiger charge is -2.56. The van der Waals surface area contributed by atoms with E-state index in [0.29, 0.717) is 37.5 Å². The third-order valence-electron chi connectivity index (χ3n) is 10.4. The highest BCUT2D eigenvalue weighted by Gasteiger charge is 2.50. The predicted molar refractivity (Wildman–Crippen MR) is 162 cm³/mol. The van der Waals surface area contributed by atoms with Gasteiger partial charge in [-0.2, -0.15) is 5.26 Å². The second kappa shape index (κ2) is 12.4. The van der Waals surface area contributed by atoms with Crippen LogP contribution in [0, 0.1) is 24.2 Å². The molecule has 2 N–H and O–H groups in total. The van der Waals surface area contributed by atoms with Crippen molar-refractivity contribution >= 4 is 17.7 Å². The van der Waals surface area contributed by atoms with Crippen molar-refractivity contribution in [3.8, 4) is 6.07 Å². The van der Waals surface area contributed by atoms with Crippen molar-refractivity contribution in [3.05, 3.63) is 42.0 Å². The topological polar surface area (TPSA) is 83.9 Å². The summed E-state index contributed by atoms with van der Waals surface area (Å²) in [5.74, 6) is 0.366. The molecule has 4 aliphatic heterocycles. The van der Waals surface area contributed by atoms with Crippen LogP contribution in [0.2, 0.25) is 0 Å². The van der Waals surface area contributed by atoms with Gasteiger partial charge in [0.2, 0.25) is 5.91 Å². The van der Waals surface area contributed by atoms with Crippen molar-refractivity contribution in [1.29, 1.82) is 5.26 Å². The number of benzene rings is 1. The van der Waals surface area contributed by atoms with E-state index in [4.69, 9.17) is 4.74 Å². The van der Waals surface area contributed by atoms with Crippen molar-refractivity contribution < 1.29 is 9.53 Å². The Hall–Kier alpha value is -1.93. The lowest BCUT2D eigenvalue weighted by molar-refractivity contribution is -0.135. The van der Waals surface area contributed by atoms with Crippen LogP contribution in [0.1, 0.15) is 56.1 Å². The van der Waals surface area contributed by atoms with Gasteiger partial charge in [0.05, 0.1) is 31.3 Å². The number of nitrogens with zero attached hydrogens (tertiary/aromatic N) is 4. The molecule has 8 nitrogen and oxygen atoms in total. The summed E-state index contributed by atoms with van der Waals surface area (Å²) < 4.78 is 6.84. The van der Waals surface area contributed by atoms with Crippen LogP contribution in [0.4, 0.5) is 0 Å². The fourth-order valence-electron chi connectivity index (χ4n) is 8.06. The van der Waals surface area contributed by atoms with Gasteiger partial charge in [-0.1, -0.05) is 24.8 Å². The lowest BCUT2D eigenvalue weighted by Crippen LogP contribution is -2.72. The van der Waals surface area contributed by atoms with Crippen LogP contribution in [-0.2, 0) is 16.0 Å². The number of hydrogen-bond acceptors (Lipinski definition) is 8. The van der Waals surface area contributed by atoms with Gasteiger partial charge in [0.25, 0.3) is 0 Å². The summed E-state index contributed by atoms with van der Waals surface area (Å²) in [6, 6.07) is 9.79. The highest BCUT2D eigenvalue weighted by Crippen LogP contribution is 2.53. The SMILES string of the molecule is C=CC(=O)N1CCN(C2NC(OCC3CCCN3C)NC3C[C@]4(CCc5cccc(C)c5S4)CCC32)CC1CC#N. The molecule has 1 aliphatic carbocycles. The van der Waals surface area contributed by atoms with E-state index < -0.39 is 0 Å². The van der Waals surface area contributed by atoms with Crippen LogP contribution in [0.5, 0.6) is 0 Å². The lowest BCUT2D eigenvalue weighted by atomic mass is 9.72. The van der Waals surface area contributed by atoms with Crippen LogP contribution in [0.25, 0.3) is 0 Å². The summed E-state index contributed by atoms with van der Waals surface area (Å²) in [5, 5.41) is 17.3. The molecule has 1 aromatic carbocycles. The number of rotatable bonds is 6. The number of carbonyl (C=O) groups is 1. The number of amides is 1. The van der Waals surface area contributed by atoms with Crippen molar-refractivity contribution in [2.24, 2.45) is 5.92 Å². The first-order valence-electron chi connectivity index (χ1n) is 15.6. The molecule has 222 valence electrons. The van der Waals surface area contributed by atoms with E-state index in [-0.39, 0.29) is 29.2 Å². The van der Waals surface area contributed by atoms with Crippen LogP contribution < -0.4 is 10.6 Å². The Morgan fingerprint density at radius 2 is 2.12 bits per heavy atom. The fraction of sp³-hybridized carbons (Fsp3) is 0.688. The minimum absolute atomic E-state index is 0.0764. The minimum Gasteiger partial charge on any atom is -0.348 e. The van der Waals surface area contributed by atoms with E-state index in [9.17, 15) is 10.1 Å². The fourth-order valence-corrected chi connectivity index (χ4v) is 9.71. The number of thioether (sulfide) groups is 1. The third-order valence-corrected chi connectivity index (χ3v) is 12.2. The van der Waals surface area contributed by atoms with Gasteiger partial charge in [0.1, 0.15) is 0 Å². The number of nitrogens with one attached hydrogen (secondary N) is 2. The zero-order chi connectivity index (χ0) is 28.6. The second-order valence-corrected chi connectivity index (χ2v) is 14.4. The number of fused-ring (bicyclic) bond motifs is 2. The van der Waals surface area contributed by atoms with Crippen molar-refractivity contribution in [2.45, 2.75) is 98.6 Å². The van der Waals surface area contributed by atoms with Gasteiger partial charge in [-0.05, 0) is 82.7 Å². The zero-order valence-corrected chi connectivity index (χ0v) is 25.5. The summed E-state index contributed by atoms with van der Waals surface area (Å²) in [6.45, 7) is 9.91. The molecule has 4 heterocycles. The first-order chi connectivity index (χ1) is 19.9. The Labute approximate surface area is 249 Å². The molecule has 1 amide bonds. The van der Waals surface area contributed by atoms with Gasteiger partial charge >= 0.3 is 0 Å². The summed E-state index contributed by atoms with van der Waals surface area (Å²) in [5.41, 5.74) is 2.92. The first kappa shape index (κ1) is 29.2. The number of carbonyl (C=O) groups excluding carboxylic acids is 1. The molecule has 9 heteroatoms. The van der Waals surface area contributed by atoms with E-state index in [2.05, 4.69) is 77.0 Å². The highest BCUT2D eigenvalue weighted by molar-refractivity contribution is 8.00. The van der Waals surface area contributed by atoms with Gasteiger partial charge < -0.3 is 14.5 Å². The van der Waals surface area contributed by atoms with Crippen LogP contribution in [0.3, 0.4) is 0 Å². The Balaban J connectivity index is 1.21. The molecule has 1 aromatic rings. The molecule has 4 fully saturated rings. The molecule has 5 aliphatic rings. The summed E-state index contributed by atoms with van der Waals surface area (Å²) in [4.78, 5) is 20.8. The number of ether oxygens (including phenoxy) is 1. The van der Waals surface area contributed by atoms with E-state index in [0.717, 1.165) is 39.0 Å². The Kier molecular flexibility index (Phi) is 8.79. The molecule has 0 aromatic heterocycles. The average molecular weight is 579 g/mol. The van der Waals surface area contributed by atoms with Crippen LogP contribution >= 0.6 is 11.8 Å². The van der Waals surface area contributed by atoms with Crippen LogP contribution in [0.15, 0.2) is 35.7 Å². The quantitative estimate of drug-likeness (QED) is 0.497. The highest BCUT2D eigenvalue weighted by atomic mass is 32.2. The molecular formula is C32H46N6O2S. The molecule has 0 radical (unpaired) electrons. The first-order valence-corrected chi connectivity index (χ1v) is 16.4. The maximum absolute atomic E-state index is 12.6. The number of nitriles is 1. The van der Waals surface area contributed by atoms with Gasteiger partial charge in [-0.25, -0.2) is 0 Å². The Morgan fingerprint density at radius 1 is 1.24 bits per heavy atom. The molecule has 41 heavy (non-hydrogen) atoms. The van der Waals surface area contributed by atoms with Crippen molar-refractivity contribution in [3.63, 3.8) is 0 Å². The second-order valence-electron chi connectivity index (χ2n) is 12.9. The molecule has 3 saturated heterocycles. The van der Waals surface area contributed by atoms with E-state index in [1.165, 1.54) is 47.8 Å². The van der Waals surface area contributed by atoms with Gasteiger partial charge in [-0.15, -0.1) is 11.8 Å². The number of aryl methyl sites for hydroxylation is 2. The normalized spacial score (nSPS) is 36.0. The molecule has 1 spiro atoms. The molecule has 6 unspecified atom stereocenters. The smallest absolute Gasteiger partial charge is 0.246 e. The summed E-state index contributed by atoms with van der Waals surface area (Å²) in [7, 11) is 2.20. The average Bonchev–Trinajstić information content (AvgIpc) is 3.40. The predicted octanol–water partition coefficient (Wildman–Crippen LogP) is 3.47. The zero-order valence-electron chi connectivity index (χ0n) is 24.7. The number of piperazine rings is 1. The third kappa shape index (κ3) is 5.97. The molecule has 7 atom stereocenters. The van der Waals surface area contributed by atoms with Crippen molar-refractivity contribution in [2.75, 3.05) is 39.8 Å². The number of likely N-dealkylation sites (tertiary alicyclic amines) is 1. The van der Waals surface area contributed by atoms with E-state index >= 15 is 0 Å². The Morgan fingerprint density at radius 3 is 2.90 bits per heavy atom. The summed E-state index contributed by atoms with van der Waals surface area (Å²) in [6.07, 6.45) is 9.95. The molecule has 1 saturated carbocycles. The minimum atomic E-state index is -0.213. The maximum atomic E-state index is 12.6. The monoisotopic (exact) mass is 578 g/mol. The van der Waals surface area contributed by atoms with Crippen LogP contribution in [-0.4, -0.2) is 95.8 Å². The molecule has 0 bridgehead atoms. The summed E-state index contributed by atoms with van der Waals surface area (Å²) >= 11 is 2.14. The Bertz CT molecular complexity index is 1170. The van der Waals surface area contributed by atoms with Crippen molar-refractivity contribution in [1.82, 2.24) is 25.3 Å². The van der Waals surface area contributed by atoms with Gasteiger partial charge in [-0.3, -0.25) is 20.3 Å². The number of likely N-dealkylation sites (N-methyl/N-ethyl adjacent to an activating group) is 1. The van der Waals surface area contributed by atoms with E-state index in [1.807, 2.05) is 4.90 Å². The van der Waals surface area contributed by atoms with E-state index in [1.54, 1.807) is 0 Å².